The van der Waals surface area contributed by atoms with Gasteiger partial charge in [-0.2, -0.15) is 0 Å². The standard InChI is InChI=1S/C17H34N2.C9H18N2/c1-3-5-7-9-11-13-15-18-17-19-16-14-12-10-8-6-4-2;1-8(2)5-10-7-11-6-9(3)4/h3-16H2,1-2H3;8-9H,5-6H2,1-4H3. The summed E-state index contributed by atoms with van der Waals surface area (Å²) in [6, 6.07) is 5.54. The molecule has 0 amide bonds. The lowest BCUT2D eigenvalue weighted by Gasteiger charge is -1.97. The van der Waals surface area contributed by atoms with Gasteiger partial charge in [-0.1, -0.05) is 106 Å². The Balaban J connectivity index is 0. The molecule has 0 heterocycles. The van der Waals surface area contributed by atoms with E-state index in [2.05, 4.69) is 73.5 Å². The lowest BCUT2D eigenvalue weighted by molar-refractivity contribution is 0.611. The van der Waals surface area contributed by atoms with Gasteiger partial charge >= 0.3 is 0 Å². The zero-order valence-corrected chi connectivity index (χ0v) is 21.3. The molecule has 0 rings (SSSR count). The van der Waals surface area contributed by atoms with Crippen molar-refractivity contribution in [3.05, 3.63) is 0 Å². The second-order valence-corrected chi connectivity index (χ2v) is 8.97. The van der Waals surface area contributed by atoms with Gasteiger partial charge in [0.15, 0.2) is 0 Å². The van der Waals surface area contributed by atoms with Crippen LogP contribution in [-0.4, -0.2) is 38.2 Å². The third-order valence-electron chi connectivity index (χ3n) is 4.44. The maximum Gasteiger partial charge on any atom is 0.0892 e. The number of hydrogen-bond acceptors (Lipinski definition) is 4. The van der Waals surface area contributed by atoms with E-state index in [1.165, 1.54) is 77.0 Å². The van der Waals surface area contributed by atoms with Crippen LogP contribution in [0.2, 0.25) is 0 Å². The van der Waals surface area contributed by atoms with Crippen molar-refractivity contribution in [1.82, 2.24) is 0 Å². The Bertz CT molecular complexity index is 408. The smallest absolute Gasteiger partial charge is 0.0892 e. The molecule has 0 saturated carbocycles. The van der Waals surface area contributed by atoms with Gasteiger partial charge in [0.05, 0.1) is 25.1 Å². The highest BCUT2D eigenvalue weighted by molar-refractivity contribution is 5.41. The van der Waals surface area contributed by atoms with E-state index in [1.54, 1.807) is 0 Å². The number of hydrogen-bond donors (Lipinski definition) is 0. The first-order valence-corrected chi connectivity index (χ1v) is 12.7. The van der Waals surface area contributed by atoms with Crippen molar-refractivity contribution in [1.29, 1.82) is 0 Å². The molecule has 0 aliphatic carbocycles. The molecule has 4 heteroatoms. The zero-order valence-electron chi connectivity index (χ0n) is 21.3. The van der Waals surface area contributed by atoms with Crippen LogP contribution >= 0.6 is 0 Å². The molecular formula is C26H52N4. The fourth-order valence-electron chi connectivity index (χ4n) is 2.59. The summed E-state index contributed by atoms with van der Waals surface area (Å²) in [5.41, 5.74) is 0. The highest BCUT2D eigenvalue weighted by Crippen LogP contribution is 2.05. The molecule has 0 aromatic rings. The molecule has 0 atom stereocenters. The Labute approximate surface area is 188 Å². The van der Waals surface area contributed by atoms with Gasteiger partial charge in [0, 0.05) is 13.1 Å². The van der Waals surface area contributed by atoms with Crippen LogP contribution in [0.15, 0.2) is 20.0 Å². The van der Waals surface area contributed by atoms with Crippen molar-refractivity contribution >= 4 is 12.0 Å². The SMILES string of the molecule is CC(C)CN=C=NCC(C)C.CCCCCCCCN=C=NCCCCCCCC. The predicted molar refractivity (Wildman–Crippen MR) is 136 cm³/mol. The minimum absolute atomic E-state index is 0.608. The monoisotopic (exact) mass is 420 g/mol. The fraction of sp³-hybridized carbons (Fsp3) is 0.923. The number of rotatable bonds is 18. The van der Waals surface area contributed by atoms with E-state index in [4.69, 9.17) is 0 Å². The lowest BCUT2D eigenvalue weighted by Crippen LogP contribution is -1.92. The molecule has 0 spiro atoms. The van der Waals surface area contributed by atoms with E-state index < -0.39 is 0 Å². The van der Waals surface area contributed by atoms with Crippen molar-refractivity contribution in [2.75, 3.05) is 26.2 Å². The van der Waals surface area contributed by atoms with Crippen LogP contribution in [0.25, 0.3) is 0 Å². The average Bonchev–Trinajstić information content (AvgIpc) is 2.71. The Morgan fingerprint density at radius 1 is 0.467 bits per heavy atom. The second-order valence-electron chi connectivity index (χ2n) is 8.97. The molecule has 0 radical (unpaired) electrons. The molecule has 0 aliphatic rings. The van der Waals surface area contributed by atoms with Crippen LogP contribution in [0.1, 0.15) is 119 Å². The first-order chi connectivity index (χ1) is 14.5. The largest absolute Gasteiger partial charge is 0.226 e. The molecule has 0 aliphatic heterocycles. The van der Waals surface area contributed by atoms with Crippen molar-refractivity contribution in [2.45, 2.75) is 119 Å². The summed E-state index contributed by atoms with van der Waals surface area (Å²) in [7, 11) is 0. The third-order valence-corrected chi connectivity index (χ3v) is 4.44. The quantitative estimate of drug-likeness (QED) is 0.158. The molecular weight excluding hydrogens is 368 g/mol. The first kappa shape index (κ1) is 30.9. The summed E-state index contributed by atoms with van der Waals surface area (Å²) in [5, 5.41) is 0. The molecule has 30 heavy (non-hydrogen) atoms. The van der Waals surface area contributed by atoms with Gasteiger partial charge in [0.1, 0.15) is 0 Å². The average molecular weight is 421 g/mol. The number of unbranched alkanes of at least 4 members (excludes halogenated alkanes) is 10. The summed E-state index contributed by atoms with van der Waals surface area (Å²) >= 11 is 0. The molecule has 0 aromatic heterocycles. The summed E-state index contributed by atoms with van der Waals surface area (Å²) < 4.78 is 0. The molecule has 4 nitrogen and oxygen atoms in total. The van der Waals surface area contributed by atoms with E-state index in [0.29, 0.717) is 11.8 Å². The van der Waals surface area contributed by atoms with Crippen molar-refractivity contribution in [3.63, 3.8) is 0 Å². The van der Waals surface area contributed by atoms with E-state index in [1.807, 2.05) is 0 Å². The Hall–Kier alpha value is -1.24. The summed E-state index contributed by atoms with van der Waals surface area (Å²) in [5.74, 6) is 1.22. The van der Waals surface area contributed by atoms with Gasteiger partial charge in [-0.05, 0) is 24.7 Å². The van der Waals surface area contributed by atoms with Crippen LogP contribution in [-0.2, 0) is 0 Å². The summed E-state index contributed by atoms with van der Waals surface area (Å²) in [6.45, 7) is 16.5. The van der Waals surface area contributed by atoms with Crippen molar-refractivity contribution < 1.29 is 0 Å². The van der Waals surface area contributed by atoms with Crippen molar-refractivity contribution in [3.8, 4) is 0 Å². The molecule has 0 N–H and O–H groups in total. The zero-order chi connectivity index (χ0) is 22.7. The van der Waals surface area contributed by atoms with E-state index in [-0.39, 0.29) is 0 Å². The number of nitrogens with zero attached hydrogens (tertiary/aromatic N) is 4. The van der Waals surface area contributed by atoms with E-state index >= 15 is 0 Å². The Morgan fingerprint density at radius 2 is 0.800 bits per heavy atom. The molecule has 0 saturated heterocycles. The Kier molecular flexibility index (Phi) is 28.6. The van der Waals surface area contributed by atoms with Gasteiger partial charge in [-0.25, -0.2) is 20.0 Å². The van der Waals surface area contributed by atoms with Gasteiger partial charge in [-0.3, -0.25) is 0 Å². The minimum Gasteiger partial charge on any atom is -0.226 e. The van der Waals surface area contributed by atoms with Crippen LogP contribution < -0.4 is 0 Å². The van der Waals surface area contributed by atoms with Crippen molar-refractivity contribution in [2.24, 2.45) is 31.8 Å². The van der Waals surface area contributed by atoms with E-state index in [9.17, 15) is 0 Å². The summed E-state index contributed by atoms with van der Waals surface area (Å²) in [6.07, 6.45) is 15.9. The minimum atomic E-state index is 0.608. The molecule has 0 aromatic carbocycles. The predicted octanol–water partition coefficient (Wildman–Crippen LogP) is 8.35. The maximum absolute atomic E-state index is 4.22. The maximum atomic E-state index is 4.22. The highest BCUT2D eigenvalue weighted by atomic mass is 14.8. The van der Waals surface area contributed by atoms with E-state index in [0.717, 1.165) is 26.2 Å². The molecule has 0 bridgehead atoms. The second kappa shape index (κ2) is 27.8. The van der Waals surface area contributed by atoms with Crippen LogP contribution in [0.4, 0.5) is 0 Å². The van der Waals surface area contributed by atoms with Crippen LogP contribution in [0.3, 0.4) is 0 Å². The molecule has 0 fully saturated rings. The lowest BCUT2D eigenvalue weighted by atomic mass is 10.1. The third kappa shape index (κ3) is 34.3. The summed E-state index contributed by atoms with van der Waals surface area (Å²) in [4.78, 5) is 16.5. The number of aliphatic imine (C=N–C) groups is 4. The molecule has 0 unspecified atom stereocenters. The van der Waals surface area contributed by atoms with Gasteiger partial charge < -0.3 is 0 Å². The van der Waals surface area contributed by atoms with Crippen LogP contribution in [0, 0.1) is 11.8 Å². The Morgan fingerprint density at radius 3 is 1.17 bits per heavy atom. The van der Waals surface area contributed by atoms with Gasteiger partial charge in [-0.15, -0.1) is 0 Å². The molecule has 176 valence electrons. The van der Waals surface area contributed by atoms with Gasteiger partial charge in [0.25, 0.3) is 0 Å². The normalized spacial score (nSPS) is 10.1. The van der Waals surface area contributed by atoms with Crippen LogP contribution in [0.5, 0.6) is 0 Å². The van der Waals surface area contributed by atoms with Gasteiger partial charge in [0.2, 0.25) is 0 Å². The highest BCUT2D eigenvalue weighted by Gasteiger charge is 1.90. The fourth-order valence-corrected chi connectivity index (χ4v) is 2.59. The topological polar surface area (TPSA) is 49.4 Å². The first-order valence-electron chi connectivity index (χ1n) is 12.7.